The van der Waals surface area contributed by atoms with Crippen LogP contribution in [0.1, 0.15) is 35.1 Å². The van der Waals surface area contributed by atoms with E-state index in [-0.39, 0.29) is 0 Å². The number of aromatic nitrogens is 2. The molecule has 3 aromatic rings. The molecule has 0 spiro atoms. The van der Waals surface area contributed by atoms with E-state index >= 15 is 0 Å². The smallest absolute Gasteiger partial charge is 0.238 e. The first kappa shape index (κ1) is 22.3. The number of anilines is 1. The summed E-state index contributed by atoms with van der Waals surface area (Å²) in [6.07, 6.45) is 3.83. The number of nitriles is 1. The van der Waals surface area contributed by atoms with Gasteiger partial charge in [-0.1, -0.05) is 30.3 Å². The first-order chi connectivity index (χ1) is 15.5. The molecule has 0 bridgehead atoms. The van der Waals surface area contributed by atoms with E-state index in [0.717, 1.165) is 43.6 Å². The van der Waals surface area contributed by atoms with E-state index in [1.54, 1.807) is 6.20 Å². The summed E-state index contributed by atoms with van der Waals surface area (Å²) in [6, 6.07) is 16.6. The molecular formula is C25H26BrN5O. The maximum atomic E-state index is 9.22. The highest BCUT2D eigenvalue weighted by atomic mass is 79.9. The molecule has 32 heavy (non-hydrogen) atoms. The number of hydrogen-bond donors (Lipinski definition) is 1. The quantitative estimate of drug-likeness (QED) is 0.505. The van der Waals surface area contributed by atoms with Gasteiger partial charge in [0.1, 0.15) is 5.75 Å². The highest BCUT2D eigenvalue weighted by Crippen LogP contribution is 2.34. The molecule has 0 saturated carbocycles. The molecule has 1 aromatic heterocycles. The molecule has 6 nitrogen and oxygen atoms in total. The molecular weight excluding hydrogens is 466 g/mol. The van der Waals surface area contributed by atoms with Crippen LogP contribution in [-0.2, 0) is 6.54 Å². The number of piperidine rings is 1. The second-order valence-electron chi connectivity index (χ2n) is 8.07. The Kier molecular flexibility index (Phi) is 7.03. The lowest BCUT2D eigenvalue weighted by Crippen LogP contribution is -2.43. The van der Waals surface area contributed by atoms with Crippen molar-refractivity contribution in [3.05, 3.63) is 75.4 Å². The van der Waals surface area contributed by atoms with E-state index in [2.05, 4.69) is 61.5 Å². The van der Waals surface area contributed by atoms with E-state index in [4.69, 9.17) is 9.72 Å². The minimum absolute atomic E-state index is 0.351. The second-order valence-corrected chi connectivity index (χ2v) is 8.93. The van der Waals surface area contributed by atoms with Gasteiger partial charge < -0.3 is 15.0 Å². The van der Waals surface area contributed by atoms with Crippen molar-refractivity contribution in [2.24, 2.45) is 0 Å². The van der Waals surface area contributed by atoms with Gasteiger partial charge in [0.15, 0.2) is 0 Å². The van der Waals surface area contributed by atoms with Crippen LogP contribution in [0, 0.1) is 25.2 Å². The molecule has 0 unspecified atom stereocenters. The van der Waals surface area contributed by atoms with Crippen molar-refractivity contribution in [2.75, 3.05) is 18.0 Å². The van der Waals surface area contributed by atoms with Crippen LogP contribution in [-0.4, -0.2) is 29.1 Å². The lowest BCUT2D eigenvalue weighted by molar-refractivity contribution is 0.417. The first-order valence-electron chi connectivity index (χ1n) is 10.8. The second kappa shape index (κ2) is 10.1. The lowest BCUT2D eigenvalue weighted by Gasteiger charge is -2.35. The fraction of sp³-hybridized carbons (Fsp3) is 0.320. The van der Waals surface area contributed by atoms with E-state index in [1.807, 2.05) is 32.0 Å². The molecule has 0 radical (unpaired) electrons. The van der Waals surface area contributed by atoms with Gasteiger partial charge in [-0.05, 0) is 84.5 Å². The Labute approximate surface area is 197 Å². The van der Waals surface area contributed by atoms with E-state index in [1.165, 1.54) is 5.56 Å². The molecule has 2 heterocycles. The van der Waals surface area contributed by atoms with Gasteiger partial charge in [-0.15, -0.1) is 0 Å². The van der Waals surface area contributed by atoms with Gasteiger partial charge in [-0.2, -0.15) is 10.2 Å². The molecule has 1 fully saturated rings. The molecule has 0 atom stereocenters. The zero-order valence-corrected chi connectivity index (χ0v) is 19.9. The number of aryl methyl sites for hydroxylation is 2. The van der Waals surface area contributed by atoms with Crippen LogP contribution >= 0.6 is 15.9 Å². The van der Waals surface area contributed by atoms with Gasteiger partial charge in [0.2, 0.25) is 11.8 Å². The third-order valence-electron chi connectivity index (χ3n) is 5.69. The average Bonchev–Trinajstić information content (AvgIpc) is 2.82. The van der Waals surface area contributed by atoms with Gasteiger partial charge in [0.05, 0.1) is 22.3 Å². The minimum atomic E-state index is 0.351. The number of ether oxygens (including phenoxy) is 1. The molecule has 0 amide bonds. The number of hydrogen-bond acceptors (Lipinski definition) is 6. The molecule has 2 aromatic carbocycles. The molecule has 1 N–H and O–H groups in total. The average molecular weight is 492 g/mol. The Morgan fingerprint density at radius 1 is 1.16 bits per heavy atom. The van der Waals surface area contributed by atoms with Crippen molar-refractivity contribution in [3.8, 4) is 17.7 Å². The zero-order valence-electron chi connectivity index (χ0n) is 18.3. The number of rotatable bonds is 6. The maximum Gasteiger partial charge on any atom is 0.238 e. The number of nitrogens with one attached hydrogen (secondary N) is 1. The molecule has 1 aliphatic rings. The molecule has 4 rings (SSSR count). The molecule has 1 saturated heterocycles. The molecule has 1 aliphatic heterocycles. The Balaban J connectivity index is 1.68. The van der Waals surface area contributed by atoms with Gasteiger partial charge >= 0.3 is 0 Å². The van der Waals surface area contributed by atoms with Crippen molar-refractivity contribution in [3.63, 3.8) is 0 Å². The molecule has 164 valence electrons. The Bertz CT molecular complexity index is 1100. The van der Waals surface area contributed by atoms with Crippen LogP contribution in [0.2, 0.25) is 0 Å². The lowest BCUT2D eigenvalue weighted by atomic mass is 10.0. The summed E-state index contributed by atoms with van der Waals surface area (Å²) in [6.45, 7) is 6.59. The highest BCUT2D eigenvalue weighted by Gasteiger charge is 2.25. The summed E-state index contributed by atoms with van der Waals surface area (Å²) in [5.74, 6) is 1.84. The third-order valence-corrected chi connectivity index (χ3v) is 6.23. The van der Waals surface area contributed by atoms with Gasteiger partial charge in [0.25, 0.3) is 0 Å². The normalized spacial score (nSPS) is 14.1. The van der Waals surface area contributed by atoms with Gasteiger partial charge in [-0.25, -0.2) is 4.98 Å². The van der Waals surface area contributed by atoms with E-state index < -0.39 is 0 Å². The number of nitrogens with zero attached hydrogens (tertiary/aromatic N) is 4. The van der Waals surface area contributed by atoms with Crippen molar-refractivity contribution < 1.29 is 4.74 Å². The van der Waals surface area contributed by atoms with Crippen molar-refractivity contribution in [2.45, 2.75) is 39.3 Å². The van der Waals surface area contributed by atoms with Gasteiger partial charge in [-0.3, -0.25) is 0 Å². The molecule has 0 aliphatic carbocycles. The van der Waals surface area contributed by atoms with Crippen LogP contribution in [0.4, 0.5) is 5.95 Å². The van der Waals surface area contributed by atoms with Gasteiger partial charge in [0, 0.05) is 12.6 Å². The summed E-state index contributed by atoms with van der Waals surface area (Å²) in [7, 11) is 0. The SMILES string of the molecule is Cc1cc(C#N)cc(C)c1Oc1nc(N(Cc2ccccc2)C2CCNCC2)ncc1Br. The summed E-state index contributed by atoms with van der Waals surface area (Å²) >= 11 is 3.55. The predicted octanol–water partition coefficient (Wildman–Crippen LogP) is 5.28. The largest absolute Gasteiger partial charge is 0.437 e. The third kappa shape index (κ3) is 5.09. The van der Waals surface area contributed by atoms with Crippen molar-refractivity contribution in [1.82, 2.24) is 15.3 Å². The summed E-state index contributed by atoms with van der Waals surface area (Å²) < 4.78 is 6.94. The minimum Gasteiger partial charge on any atom is -0.437 e. The van der Waals surface area contributed by atoms with Crippen LogP contribution < -0.4 is 15.0 Å². The van der Waals surface area contributed by atoms with Crippen molar-refractivity contribution in [1.29, 1.82) is 5.26 Å². The topological polar surface area (TPSA) is 74.1 Å². The van der Waals surface area contributed by atoms with E-state index in [0.29, 0.717) is 33.7 Å². The Hall–Kier alpha value is -2.95. The predicted molar refractivity (Wildman–Crippen MR) is 129 cm³/mol. The summed E-state index contributed by atoms with van der Waals surface area (Å²) in [4.78, 5) is 11.8. The first-order valence-corrected chi connectivity index (χ1v) is 11.6. The number of halogens is 1. The van der Waals surface area contributed by atoms with Crippen LogP contribution in [0.15, 0.2) is 53.1 Å². The summed E-state index contributed by atoms with van der Waals surface area (Å²) in [5.41, 5.74) is 3.63. The fourth-order valence-corrected chi connectivity index (χ4v) is 4.36. The summed E-state index contributed by atoms with van der Waals surface area (Å²) in [5, 5.41) is 12.7. The standard InChI is InChI=1S/C25H26BrN5O/c1-17-12-20(14-27)13-18(2)23(17)32-24-22(26)15-29-25(30-24)31(21-8-10-28-11-9-21)16-19-6-4-3-5-7-19/h3-7,12-13,15,21,28H,8-11,16H2,1-2H3. The van der Waals surface area contributed by atoms with Crippen LogP contribution in [0.3, 0.4) is 0 Å². The van der Waals surface area contributed by atoms with Crippen LogP contribution in [0.5, 0.6) is 11.6 Å². The monoisotopic (exact) mass is 491 g/mol. The van der Waals surface area contributed by atoms with Crippen LogP contribution in [0.25, 0.3) is 0 Å². The number of benzene rings is 2. The highest BCUT2D eigenvalue weighted by molar-refractivity contribution is 9.10. The zero-order chi connectivity index (χ0) is 22.5. The maximum absolute atomic E-state index is 9.22. The molecule has 7 heteroatoms. The Morgan fingerprint density at radius 2 is 1.84 bits per heavy atom. The fourth-order valence-electron chi connectivity index (χ4n) is 4.09. The van der Waals surface area contributed by atoms with E-state index in [9.17, 15) is 5.26 Å². The van der Waals surface area contributed by atoms with Crippen molar-refractivity contribution >= 4 is 21.9 Å². The Morgan fingerprint density at radius 3 is 2.50 bits per heavy atom.